The van der Waals surface area contributed by atoms with Crippen LogP contribution in [0.5, 0.6) is 0 Å². The monoisotopic (exact) mass is 391 g/mol. The molecule has 7 nitrogen and oxygen atoms in total. The van der Waals surface area contributed by atoms with E-state index < -0.39 is 0 Å². The number of para-hydroxylation sites is 2. The number of carbonyl (C=O) groups is 2. The molecule has 1 aliphatic rings. The van der Waals surface area contributed by atoms with Gasteiger partial charge in [0.15, 0.2) is 0 Å². The summed E-state index contributed by atoms with van der Waals surface area (Å²) >= 11 is 0. The average molecular weight is 391 g/mol. The maximum absolute atomic E-state index is 13.0. The number of fused-ring (bicyclic) bond motifs is 2. The fourth-order valence-electron chi connectivity index (χ4n) is 3.66. The Bertz CT molecular complexity index is 1040. The summed E-state index contributed by atoms with van der Waals surface area (Å²) < 4.78 is 0. The number of likely N-dealkylation sites (N-methyl/N-ethyl adjacent to an activating group) is 1. The van der Waals surface area contributed by atoms with Gasteiger partial charge < -0.3 is 20.5 Å². The maximum Gasteiger partial charge on any atom is 0.251 e. The lowest BCUT2D eigenvalue weighted by atomic mass is 9.98. The molecular formula is C22H25N5O2. The molecule has 0 spiro atoms. The molecule has 7 heteroatoms. The molecule has 0 saturated heterocycles. The molecule has 0 fully saturated rings. The smallest absolute Gasteiger partial charge is 0.251 e. The van der Waals surface area contributed by atoms with Gasteiger partial charge in [0, 0.05) is 12.6 Å². The number of aromatic nitrogens is 2. The predicted molar refractivity (Wildman–Crippen MR) is 114 cm³/mol. The molecule has 0 aliphatic carbocycles. The summed E-state index contributed by atoms with van der Waals surface area (Å²) in [6.07, 6.45) is 0.896. The van der Waals surface area contributed by atoms with Gasteiger partial charge in [-0.2, -0.15) is 0 Å². The third-order valence-electron chi connectivity index (χ3n) is 5.53. The first-order valence-electron chi connectivity index (χ1n) is 9.86. The molecule has 2 unspecified atom stereocenters. The van der Waals surface area contributed by atoms with Crippen LogP contribution in [0.25, 0.3) is 11.0 Å². The third kappa shape index (κ3) is 3.68. The number of hydrogen-bond donors (Lipinski definition) is 3. The van der Waals surface area contributed by atoms with Crippen molar-refractivity contribution in [2.45, 2.75) is 26.3 Å². The van der Waals surface area contributed by atoms with Crippen molar-refractivity contribution in [2.75, 3.05) is 23.8 Å². The molecule has 2 heterocycles. The molecule has 3 aromatic rings. The van der Waals surface area contributed by atoms with E-state index in [1.165, 1.54) is 0 Å². The number of hydrogen-bond acceptors (Lipinski definition) is 4. The zero-order valence-electron chi connectivity index (χ0n) is 16.8. The van der Waals surface area contributed by atoms with E-state index >= 15 is 0 Å². The number of anilines is 2. The minimum Gasteiger partial charge on any atom is -0.364 e. The Labute approximate surface area is 169 Å². The molecule has 2 aromatic carbocycles. The molecule has 0 radical (unpaired) electrons. The van der Waals surface area contributed by atoms with Gasteiger partial charge in [-0.05, 0) is 36.2 Å². The van der Waals surface area contributed by atoms with Gasteiger partial charge in [-0.1, -0.05) is 32.4 Å². The van der Waals surface area contributed by atoms with Crippen molar-refractivity contribution in [3.05, 3.63) is 53.9 Å². The number of aromatic amines is 1. The van der Waals surface area contributed by atoms with E-state index in [2.05, 4.69) is 34.4 Å². The van der Waals surface area contributed by atoms with E-state index in [9.17, 15) is 9.59 Å². The zero-order chi connectivity index (χ0) is 20.5. The van der Waals surface area contributed by atoms with Crippen molar-refractivity contribution in [3.63, 3.8) is 0 Å². The third-order valence-corrected chi connectivity index (χ3v) is 5.53. The number of imidazole rings is 1. The minimum absolute atomic E-state index is 0.0858. The van der Waals surface area contributed by atoms with Crippen molar-refractivity contribution in [1.82, 2.24) is 15.3 Å². The maximum atomic E-state index is 13.0. The topological polar surface area (TPSA) is 90.1 Å². The van der Waals surface area contributed by atoms with Crippen molar-refractivity contribution < 1.29 is 9.59 Å². The van der Waals surface area contributed by atoms with Crippen LogP contribution in [0, 0.1) is 5.92 Å². The average Bonchev–Trinajstić information content (AvgIpc) is 3.14. The quantitative estimate of drug-likeness (QED) is 0.621. The Hall–Kier alpha value is -3.35. The minimum atomic E-state index is -0.242. The number of nitrogens with zero attached hydrogens (tertiary/aromatic N) is 2. The van der Waals surface area contributed by atoms with Gasteiger partial charge in [-0.15, -0.1) is 0 Å². The highest BCUT2D eigenvalue weighted by Gasteiger charge is 2.25. The summed E-state index contributed by atoms with van der Waals surface area (Å²) in [4.78, 5) is 34.8. The normalized spacial score (nSPS) is 15.6. The molecule has 1 aromatic heterocycles. The lowest BCUT2D eigenvalue weighted by molar-refractivity contribution is -0.115. The molecule has 2 amide bonds. The molecule has 150 valence electrons. The largest absolute Gasteiger partial charge is 0.364 e. The molecule has 29 heavy (non-hydrogen) atoms. The Morgan fingerprint density at radius 1 is 1.28 bits per heavy atom. The second kappa shape index (κ2) is 7.58. The van der Waals surface area contributed by atoms with Crippen LogP contribution in [0.4, 0.5) is 11.4 Å². The van der Waals surface area contributed by atoms with E-state index in [1.807, 2.05) is 42.3 Å². The van der Waals surface area contributed by atoms with Crippen molar-refractivity contribution in [1.29, 1.82) is 0 Å². The summed E-state index contributed by atoms with van der Waals surface area (Å²) in [5, 5.41) is 5.97. The van der Waals surface area contributed by atoms with Crippen LogP contribution in [0.1, 0.15) is 42.5 Å². The van der Waals surface area contributed by atoms with Crippen molar-refractivity contribution >= 4 is 34.2 Å². The summed E-state index contributed by atoms with van der Waals surface area (Å²) in [5.74, 6) is 0.668. The van der Waals surface area contributed by atoms with Crippen LogP contribution >= 0.6 is 0 Å². The fraction of sp³-hybridized carbons (Fsp3) is 0.318. The molecule has 1 aliphatic heterocycles. The van der Waals surface area contributed by atoms with Crippen molar-refractivity contribution in [3.8, 4) is 0 Å². The Kier molecular flexibility index (Phi) is 4.96. The lowest BCUT2D eigenvalue weighted by Crippen LogP contribution is -2.36. The molecule has 0 bridgehead atoms. The van der Waals surface area contributed by atoms with E-state index in [0.717, 1.165) is 29.0 Å². The van der Waals surface area contributed by atoms with Crippen LogP contribution in [-0.2, 0) is 4.79 Å². The Morgan fingerprint density at radius 3 is 2.83 bits per heavy atom. The first-order chi connectivity index (χ1) is 14.0. The highest BCUT2D eigenvalue weighted by Crippen LogP contribution is 2.30. The van der Waals surface area contributed by atoms with Crippen LogP contribution < -0.4 is 15.5 Å². The van der Waals surface area contributed by atoms with Crippen LogP contribution in [0.15, 0.2) is 42.5 Å². The second-order valence-electron chi connectivity index (χ2n) is 7.61. The Balaban J connectivity index is 1.62. The summed E-state index contributed by atoms with van der Waals surface area (Å²) in [6.45, 7) is 4.50. The number of nitrogens with one attached hydrogen (secondary N) is 3. The van der Waals surface area contributed by atoms with Crippen molar-refractivity contribution in [2.24, 2.45) is 5.92 Å². The highest BCUT2D eigenvalue weighted by molar-refractivity contribution is 6.04. The van der Waals surface area contributed by atoms with Crippen LogP contribution in [0.2, 0.25) is 0 Å². The van der Waals surface area contributed by atoms with Gasteiger partial charge in [-0.3, -0.25) is 9.59 Å². The van der Waals surface area contributed by atoms with E-state index in [4.69, 9.17) is 0 Å². The Morgan fingerprint density at radius 2 is 2.07 bits per heavy atom. The summed E-state index contributed by atoms with van der Waals surface area (Å²) in [6, 6.07) is 13.0. The molecular weight excluding hydrogens is 366 g/mol. The van der Waals surface area contributed by atoms with Crippen LogP contribution in [-0.4, -0.2) is 35.4 Å². The zero-order valence-corrected chi connectivity index (χ0v) is 16.8. The molecule has 3 N–H and O–H groups in total. The number of carbonyl (C=O) groups excluding carboxylic acids is 2. The first kappa shape index (κ1) is 19.0. The van der Waals surface area contributed by atoms with Gasteiger partial charge in [0.05, 0.1) is 35.0 Å². The van der Waals surface area contributed by atoms with E-state index in [0.29, 0.717) is 17.8 Å². The fourth-order valence-corrected chi connectivity index (χ4v) is 3.66. The standard InChI is InChI=1S/C22H25N5O2/c1-4-13(2)20(21-24-15-7-5-6-8-16(15)25-21)26-22(29)14-9-10-18-17(11-14)23-19(28)12-27(18)3/h5-11,13,20H,4,12H2,1-3H3,(H,23,28)(H,24,25)(H,26,29). The van der Waals surface area contributed by atoms with Gasteiger partial charge in [0.25, 0.3) is 5.91 Å². The summed E-state index contributed by atoms with van der Waals surface area (Å²) in [7, 11) is 1.86. The van der Waals surface area contributed by atoms with Gasteiger partial charge >= 0.3 is 0 Å². The molecule has 2 atom stereocenters. The number of rotatable bonds is 5. The van der Waals surface area contributed by atoms with Crippen LogP contribution in [0.3, 0.4) is 0 Å². The first-order valence-corrected chi connectivity index (χ1v) is 9.86. The SMILES string of the molecule is CCC(C)C(NC(=O)c1ccc2c(c1)NC(=O)CN2C)c1nc2ccccc2[nH]1. The van der Waals surface area contributed by atoms with E-state index in [1.54, 1.807) is 12.1 Å². The molecule has 4 rings (SSSR count). The lowest BCUT2D eigenvalue weighted by Gasteiger charge is -2.28. The second-order valence-corrected chi connectivity index (χ2v) is 7.61. The number of H-pyrrole nitrogens is 1. The predicted octanol–water partition coefficient (Wildman–Crippen LogP) is 3.47. The van der Waals surface area contributed by atoms with Gasteiger partial charge in [0.1, 0.15) is 5.82 Å². The number of amides is 2. The number of benzene rings is 2. The van der Waals surface area contributed by atoms with E-state index in [-0.39, 0.29) is 23.8 Å². The highest BCUT2D eigenvalue weighted by atomic mass is 16.2. The van der Waals surface area contributed by atoms with Gasteiger partial charge in [-0.25, -0.2) is 4.98 Å². The molecule has 0 saturated carbocycles. The van der Waals surface area contributed by atoms with Gasteiger partial charge in [0.2, 0.25) is 5.91 Å². The summed E-state index contributed by atoms with van der Waals surface area (Å²) in [5.41, 5.74) is 3.88.